The Morgan fingerprint density at radius 2 is 2.02 bits per heavy atom. The first-order valence-corrected chi connectivity index (χ1v) is 15.0. The van der Waals surface area contributed by atoms with Gasteiger partial charge in [0.05, 0.1) is 0 Å². The Labute approximate surface area is 259 Å². The molecule has 2 bridgehead atoms. The number of pyridine rings is 1. The van der Waals surface area contributed by atoms with Crippen molar-refractivity contribution in [3.63, 3.8) is 0 Å². The van der Waals surface area contributed by atoms with Gasteiger partial charge in [0.15, 0.2) is 5.43 Å². The van der Waals surface area contributed by atoms with Crippen LogP contribution < -0.4 is 15.9 Å². The molecule has 6 rings (SSSR count). The Morgan fingerprint density at radius 1 is 1.22 bits per heavy atom. The van der Waals surface area contributed by atoms with Gasteiger partial charge in [-0.2, -0.15) is 0 Å². The molecule has 0 spiro atoms. The lowest BCUT2D eigenvalue weighted by Gasteiger charge is -2.44. The minimum absolute atomic E-state index is 0.0259. The second-order valence-corrected chi connectivity index (χ2v) is 12.0. The SMILES string of the molecule is C/C=C(/C)C(=O)O[C@@H]1Cc2c3c(c4oc(CO)cc(=O)c4c2O)[C@H](Cc2cccc(O)c2)c2ccnc(N)c2CCC[C@]1(C)O3. The number of phenolic OH excluding ortho intramolecular Hbond substituents is 2. The van der Waals surface area contributed by atoms with Gasteiger partial charge in [0.2, 0.25) is 0 Å². The zero-order valence-electron chi connectivity index (χ0n) is 25.4. The monoisotopic (exact) mass is 612 g/mol. The van der Waals surface area contributed by atoms with Gasteiger partial charge < -0.3 is 34.9 Å². The predicted molar refractivity (Wildman–Crippen MR) is 167 cm³/mol. The molecular weight excluding hydrogens is 576 g/mol. The Balaban J connectivity index is 1.70. The number of hydrogen-bond donors (Lipinski definition) is 4. The molecule has 10 heteroatoms. The molecule has 0 saturated carbocycles. The van der Waals surface area contributed by atoms with Gasteiger partial charge in [0.25, 0.3) is 0 Å². The van der Waals surface area contributed by atoms with Gasteiger partial charge in [-0.05, 0) is 81.3 Å². The van der Waals surface area contributed by atoms with E-state index in [1.807, 2.05) is 19.1 Å². The van der Waals surface area contributed by atoms with E-state index in [-0.39, 0.29) is 34.6 Å². The van der Waals surface area contributed by atoms with E-state index < -0.39 is 35.6 Å². The Kier molecular flexibility index (Phi) is 7.78. The van der Waals surface area contributed by atoms with Crippen LogP contribution in [0.4, 0.5) is 5.82 Å². The normalized spacial score (nSPS) is 21.1. The summed E-state index contributed by atoms with van der Waals surface area (Å²) in [6.07, 6.45) is 4.58. The summed E-state index contributed by atoms with van der Waals surface area (Å²) in [4.78, 5) is 31.0. The number of nitrogens with zero attached hydrogens (tertiary/aromatic N) is 1. The summed E-state index contributed by atoms with van der Waals surface area (Å²) in [5.74, 6) is -0.562. The summed E-state index contributed by atoms with van der Waals surface area (Å²) in [5, 5.41) is 32.0. The molecule has 4 aromatic rings. The third-order valence-electron chi connectivity index (χ3n) is 9.15. The number of aromatic nitrogens is 1. The van der Waals surface area contributed by atoms with E-state index in [1.54, 1.807) is 44.3 Å². The summed E-state index contributed by atoms with van der Waals surface area (Å²) < 4.78 is 19.1. The molecule has 45 heavy (non-hydrogen) atoms. The van der Waals surface area contributed by atoms with Crippen LogP contribution in [0.3, 0.4) is 0 Å². The molecule has 2 aromatic carbocycles. The van der Waals surface area contributed by atoms with Crippen molar-refractivity contribution in [1.82, 2.24) is 4.98 Å². The first kappa shape index (κ1) is 30.2. The number of aliphatic hydroxyl groups is 1. The highest BCUT2D eigenvalue weighted by atomic mass is 16.6. The minimum Gasteiger partial charge on any atom is -0.508 e. The number of anilines is 1. The zero-order valence-corrected chi connectivity index (χ0v) is 25.4. The van der Waals surface area contributed by atoms with Crippen LogP contribution in [0.1, 0.15) is 73.1 Å². The van der Waals surface area contributed by atoms with Crippen LogP contribution in [-0.4, -0.2) is 38.0 Å². The van der Waals surface area contributed by atoms with Crippen LogP contribution in [0.5, 0.6) is 17.2 Å². The molecular formula is C35H36N2O8. The van der Waals surface area contributed by atoms with Crippen molar-refractivity contribution in [3.05, 3.63) is 98.0 Å². The van der Waals surface area contributed by atoms with Crippen LogP contribution >= 0.6 is 0 Å². The molecule has 2 aromatic heterocycles. The molecule has 3 atom stereocenters. The fourth-order valence-electron chi connectivity index (χ4n) is 6.62. The average Bonchev–Trinajstić information content (AvgIpc) is 3.01. The number of nitrogens with two attached hydrogens (primary N) is 1. The van der Waals surface area contributed by atoms with E-state index in [2.05, 4.69) is 4.98 Å². The van der Waals surface area contributed by atoms with Gasteiger partial charge in [0.1, 0.15) is 58.1 Å². The number of esters is 1. The third-order valence-corrected chi connectivity index (χ3v) is 9.15. The zero-order chi connectivity index (χ0) is 32.0. The van der Waals surface area contributed by atoms with Gasteiger partial charge >= 0.3 is 5.97 Å². The predicted octanol–water partition coefficient (Wildman–Crippen LogP) is 4.96. The average molecular weight is 613 g/mol. The molecule has 0 amide bonds. The number of aliphatic hydroxyl groups excluding tert-OH is 1. The van der Waals surface area contributed by atoms with E-state index in [1.165, 1.54) is 0 Å². The molecule has 4 heterocycles. The Bertz CT molecular complexity index is 1910. The molecule has 10 nitrogen and oxygen atoms in total. The number of allylic oxidation sites excluding steroid dienone is 1. The number of aromatic hydroxyl groups is 2. The van der Waals surface area contributed by atoms with Gasteiger partial charge in [-0.3, -0.25) is 4.79 Å². The lowest BCUT2D eigenvalue weighted by Crippen LogP contribution is -2.51. The highest BCUT2D eigenvalue weighted by Gasteiger charge is 2.47. The van der Waals surface area contributed by atoms with Crippen molar-refractivity contribution in [3.8, 4) is 17.2 Å². The largest absolute Gasteiger partial charge is 0.508 e. The highest BCUT2D eigenvalue weighted by molar-refractivity contribution is 5.92. The lowest BCUT2D eigenvalue weighted by molar-refractivity contribution is -0.159. The summed E-state index contributed by atoms with van der Waals surface area (Å²) in [5.41, 5.74) is 8.72. The van der Waals surface area contributed by atoms with Crippen molar-refractivity contribution in [1.29, 1.82) is 0 Å². The first-order chi connectivity index (χ1) is 21.5. The van der Waals surface area contributed by atoms with Crippen molar-refractivity contribution in [2.45, 2.75) is 77.1 Å². The molecule has 2 aliphatic rings. The molecule has 0 saturated heterocycles. The Hall–Kier alpha value is -4.83. The van der Waals surface area contributed by atoms with Crippen molar-refractivity contribution in [2.75, 3.05) is 5.73 Å². The number of hydrogen-bond acceptors (Lipinski definition) is 10. The number of carbonyl (C=O) groups excluding carboxylic acids is 1. The van der Waals surface area contributed by atoms with Crippen LogP contribution in [0.25, 0.3) is 11.0 Å². The molecule has 2 aliphatic heterocycles. The van der Waals surface area contributed by atoms with Crippen molar-refractivity contribution < 1.29 is 34.0 Å². The fraction of sp³-hybridized carbons (Fsp3) is 0.343. The van der Waals surface area contributed by atoms with Crippen LogP contribution in [-0.2, 0) is 35.4 Å². The first-order valence-electron chi connectivity index (χ1n) is 15.0. The highest BCUT2D eigenvalue weighted by Crippen LogP contribution is 2.52. The van der Waals surface area contributed by atoms with Crippen molar-refractivity contribution in [2.24, 2.45) is 0 Å². The topological polar surface area (TPSA) is 165 Å². The van der Waals surface area contributed by atoms with Gasteiger partial charge in [-0.25, -0.2) is 9.78 Å². The molecule has 0 radical (unpaired) electrons. The third kappa shape index (κ3) is 5.29. The van der Waals surface area contributed by atoms with Crippen LogP contribution in [0, 0.1) is 0 Å². The maximum absolute atomic E-state index is 13.6. The fourth-order valence-corrected chi connectivity index (χ4v) is 6.62. The molecule has 0 fully saturated rings. The maximum Gasteiger partial charge on any atom is 0.333 e. The second kappa shape index (κ2) is 11.6. The number of carbonyl (C=O) groups is 1. The quantitative estimate of drug-likeness (QED) is 0.179. The smallest absolute Gasteiger partial charge is 0.333 e. The van der Waals surface area contributed by atoms with Crippen molar-refractivity contribution >= 4 is 22.8 Å². The van der Waals surface area contributed by atoms with E-state index in [9.17, 15) is 24.9 Å². The van der Waals surface area contributed by atoms with Crippen LogP contribution in [0.15, 0.2) is 63.5 Å². The lowest BCUT2D eigenvalue weighted by atomic mass is 9.76. The van der Waals surface area contributed by atoms with E-state index >= 15 is 0 Å². The number of benzene rings is 2. The number of phenols is 2. The number of nitrogen functional groups attached to an aromatic ring is 1. The summed E-state index contributed by atoms with van der Waals surface area (Å²) in [6.45, 7) is 4.76. The van der Waals surface area contributed by atoms with Gasteiger partial charge in [-0.15, -0.1) is 0 Å². The molecule has 0 aliphatic carbocycles. The van der Waals surface area contributed by atoms with E-state index in [0.717, 1.165) is 22.8 Å². The second-order valence-electron chi connectivity index (χ2n) is 12.0. The molecule has 5 N–H and O–H groups in total. The number of ether oxygens (including phenoxy) is 2. The molecule has 0 unspecified atom stereocenters. The van der Waals surface area contributed by atoms with E-state index in [0.29, 0.717) is 54.0 Å². The Morgan fingerprint density at radius 3 is 2.76 bits per heavy atom. The molecule has 234 valence electrons. The summed E-state index contributed by atoms with van der Waals surface area (Å²) in [7, 11) is 0. The standard InChI is InChI=1S/C35H36N2O8/c1-4-18(2)34(42)44-27-16-25-30(41)29-26(40)15-21(17-38)43-32(29)28-24(14-19-7-5-8-20(39)13-19)22-10-12-37-33(36)23(22)9-6-11-35(27,3)45-31(25)28/h4-5,7-8,10,12-13,15,24,27,38-39,41H,6,9,11,14,16-17H2,1-3H3,(H2,36,37)/b18-4-/t24-,27-,35+/m1/s1. The minimum atomic E-state index is -1.02. The summed E-state index contributed by atoms with van der Waals surface area (Å²) >= 11 is 0. The van der Waals surface area contributed by atoms with Gasteiger partial charge in [0, 0.05) is 41.3 Å². The number of fused-ring (bicyclic) bond motifs is 4. The number of rotatable bonds is 5. The maximum atomic E-state index is 13.6. The van der Waals surface area contributed by atoms with Gasteiger partial charge in [-0.1, -0.05) is 18.2 Å². The van der Waals surface area contributed by atoms with E-state index in [4.69, 9.17) is 19.6 Å². The van der Waals surface area contributed by atoms with Crippen LogP contribution in [0.2, 0.25) is 0 Å². The summed E-state index contributed by atoms with van der Waals surface area (Å²) in [6, 6.07) is 9.92.